The highest BCUT2D eigenvalue weighted by Gasteiger charge is 2.33. The van der Waals surface area contributed by atoms with Gasteiger partial charge in [-0.3, -0.25) is 14.8 Å². The molecular formula is C11H8N2O3S2. The standard InChI is InChI=1S/C11H8N2O3S2/c14-5-1-2-6-8(3-5)18-10(12-6)9-13-7(4-17-9)11(15)16/h1-3,7,10H,4H2,(H,15,16)/t7-,10?/m1/s1. The molecule has 92 valence electrons. The van der Waals surface area contributed by atoms with Crippen LogP contribution >= 0.6 is 23.5 Å². The Balaban J connectivity index is 1.82. The SMILES string of the molecule is O=C1C=CC2=NC(C3=N[C@@H](C(=O)O)CS3)SC2=C1. The topological polar surface area (TPSA) is 79.1 Å². The zero-order chi connectivity index (χ0) is 12.7. The first-order valence-electron chi connectivity index (χ1n) is 5.25. The zero-order valence-corrected chi connectivity index (χ0v) is 10.7. The predicted molar refractivity (Wildman–Crippen MR) is 72.4 cm³/mol. The number of carbonyl (C=O) groups is 2. The lowest BCUT2D eigenvalue weighted by Gasteiger charge is -2.04. The molecule has 2 atom stereocenters. The van der Waals surface area contributed by atoms with E-state index in [4.69, 9.17) is 5.11 Å². The Bertz CT molecular complexity index is 563. The monoisotopic (exact) mass is 280 g/mol. The Hall–Kier alpha value is -1.34. The first-order valence-corrected chi connectivity index (χ1v) is 7.12. The first kappa shape index (κ1) is 11.7. The highest BCUT2D eigenvalue weighted by atomic mass is 32.2. The highest BCUT2D eigenvalue weighted by Crippen LogP contribution is 2.38. The van der Waals surface area contributed by atoms with Crippen molar-refractivity contribution in [3.63, 3.8) is 0 Å². The number of hydrogen-bond acceptors (Lipinski definition) is 6. The molecule has 1 N–H and O–H groups in total. The van der Waals surface area contributed by atoms with Gasteiger partial charge in [-0.15, -0.1) is 11.8 Å². The lowest BCUT2D eigenvalue weighted by molar-refractivity contribution is -0.137. The first-order chi connectivity index (χ1) is 8.63. The van der Waals surface area contributed by atoms with Crippen LogP contribution in [0.3, 0.4) is 0 Å². The number of thioether (sulfide) groups is 2. The number of carboxylic acid groups (broad SMARTS) is 1. The number of hydrogen-bond donors (Lipinski definition) is 1. The van der Waals surface area contributed by atoms with E-state index in [0.717, 1.165) is 15.7 Å². The fraction of sp³-hybridized carbons (Fsp3) is 0.273. The number of carboxylic acids is 1. The third kappa shape index (κ3) is 2.04. The van der Waals surface area contributed by atoms with Gasteiger partial charge in [-0.1, -0.05) is 11.8 Å². The maximum Gasteiger partial charge on any atom is 0.329 e. The Morgan fingerprint density at radius 3 is 2.94 bits per heavy atom. The molecule has 0 fully saturated rings. The molecule has 0 aromatic rings. The number of allylic oxidation sites excluding steroid dienone is 4. The largest absolute Gasteiger partial charge is 0.480 e. The summed E-state index contributed by atoms with van der Waals surface area (Å²) in [5, 5.41) is 9.42. The van der Waals surface area contributed by atoms with Crippen molar-refractivity contribution in [1.29, 1.82) is 0 Å². The second-order valence-corrected chi connectivity index (χ2v) is 6.02. The molecule has 0 amide bonds. The number of fused-ring (bicyclic) bond motifs is 1. The molecule has 2 aliphatic heterocycles. The highest BCUT2D eigenvalue weighted by molar-refractivity contribution is 8.17. The lowest BCUT2D eigenvalue weighted by Crippen LogP contribution is -2.17. The summed E-state index contributed by atoms with van der Waals surface area (Å²) in [5.74, 6) is -0.484. The maximum atomic E-state index is 11.2. The fourth-order valence-corrected chi connectivity index (χ4v) is 4.01. The zero-order valence-electron chi connectivity index (χ0n) is 9.07. The van der Waals surface area contributed by atoms with Crippen molar-refractivity contribution in [1.82, 2.24) is 0 Å². The van der Waals surface area contributed by atoms with Gasteiger partial charge in [0, 0.05) is 16.7 Å². The van der Waals surface area contributed by atoms with Crippen molar-refractivity contribution in [3.8, 4) is 0 Å². The molecule has 1 unspecified atom stereocenters. The van der Waals surface area contributed by atoms with Gasteiger partial charge in [0.05, 0.1) is 5.71 Å². The van der Waals surface area contributed by atoms with Crippen LogP contribution in [0.4, 0.5) is 0 Å². The van der Waals surface area contributed by atoms with E-state index < -0.39 is 12.0 Å². The molecule has 18 heavy (non-hydrogen) atoms. The van der Waals surface area contributed by atoms with E-state index in [0.29, 0.717) is 5.75 Å². The summed E-state index contributed by atoms with van der Waals surface area (Å²) in [6.45, 7) is 0. The second-order valence-electron chi connectivity index (χ2n) is 3.86. The van der Waals surface area contributed by atoms with Gasteiger partial charge in [-0.2, -0.15) is 0 Å². The molecule has 1 aliphatic carbocycles. The number of carbonyl (C=O) groups excluding carboxylic acids is 1. The number of rotatable bonds is 2. The van der Waals surface area contributed by atoms with Gasteiger partial charge < -0.3 is 5.11 Å². The Morgan fingerprint density at radius 2 is 2.22 bits per heavy atom. The van der Waals surface area contributed by atoms with E-state index in [2.05, 4.69) is 9.98 Å². The van der Waals surface area contributed by atoms with Crippen LogP contribution in [0.1, 0.15) is 0 Å². The molecule has 0 spiro atoms. The Labute approximate surface area is 111 Å². The predicted octanol–water partition coefficient (Wildman–Crippen LogP) is 1.12. The molecule has 2 heterocycles. The summed E-state index contributed by atoms with van der Waals surface area (Å²) in [6, 6.07) is -0.667. The summed E-state index contributed by atoms with van der Waals surface area (Å²) in [5.41, 5.74) is 0.784. The summed E-state index contributed by atoms with van der Waals surface area (Å²) >= 11 is 2.88. The van der Waals surface area contributed by atoms with Gasteiger partial charge in [-0.25, -0.2) is 4.79 Å². The van der Waals surface area contributed by atoms with Crippen LogP contribution in [0.25, 0.3) is 0 Å². The van der Waals surface area contributed by atoms with E-state index in [1.54, 1.807) is 12.2 Å². The molecule has 0 radical (unpaired) electrons. The number of aliphatic carboxylic acids is 1. The van der Waals surface area contributed by atoms with Gasteiger partial charge in [0.25, 0.3) is 0 Å². The molecular weight excluding hydrogens is 272 g/mol. The van der Waals surface area contributed by atoms with Crippen LogP contribution < -0.4 is 0 Å². The molecule has 5 nitrogen and oxygen atoms in total. The third-order valence-electron chi connectivity index (χ3n) is 2.59. The summed E-state index contributed by atoms with van der Waals surface area (Å²) in [7, 11) is 0. The van der Waals surface area contributed by atoms with E-state index in [1.807, 2.05) is 0 Å². The van der Waals surface area contributed by atoms with Gasteiger partial charge >= 0.3 is 5.97 Å². The van der Waals surface area contributed by atoms with Crippen LogP contribution in [0, 0.1) is 0 Å². The third-order valence-corrected chi connectivity index (χ3v) is 4.98. The van der Waals surface area contributed by atoms with Crippen molar-refractivity contribution in [2.45, 2.75) is 11.4 Å². The molecule has 7 heteroatoms. The van der Waals surface area contributed by atoms with Crippen molar-refractivity contribution >= 4 is 46.0 Å². The minimum atomic E-state index is -0.903. The fourth-order valence-electron chi connectivity index (χ4n) is 1.73. The normalized spacial score (nSPS) is 29.8. The minimum Gasteiger partial charge on any atom is -0.480 e. The van der Waals surface area contributed by atoms with Crippen LogP contribution in [-0.2, 0) is 9.59 Å². The number of nitrogens with zero attached hydrogens (tertiary/aromatic N) is 2. The van der Waals surface area contributed by atoms with Crippen LogP contribution in [-0.4, -0.2) is 44.8 Å². The van der Waals surface area contributed by atoms with Crippen LogP contribution in [0.5, 0.6) is 0 Å². The van der Waals surface area contributed by atoms with Gasteiger partial charge in [0.15, 0.2) is 11.8 Å². The second kappa shape index (κ2) is 4.40. The Morgan fingerprint density at radius 1 is 1.39 bits per heavy atom. The molecule has 0 saturated heterocycles. The summed E-state index contributed by atoms with van der Waals surface area (Å²) < 4.78 is 0. The van der Waals surface area contributed by atoms with Crippen molar-refractivity contribution in [2.24, 2.45) is 9.98 Å². The average Bonchev–Trinajstić information content (AvgIpc) is 2.93. The smallest absolute Gasteiger partial charge is 0.329 e. The maximum absolute atomic E-state index is 11.2. The van der Waals surface area contributed by atoms with Crippen LogP contribution in [0.15, 0.2) is 33.1 Å². The van der Waals surface area contributed by atoms with E-state index in [9.17, 15) is 9.59 Å². The quantitative estimate of drug-likeness (QED) is 0.767. The van der Waals surface area contributed by atoms with Crippen molar-refractivity contribution < 1.29 is 14.7 Å². The minimum absolute atomic E-state index is 0.0403. The van der Waals surface area contributed by atoms with Gasteiger partial charge in [-0.05, 0) is 12.2 Å². The molecule has 3 aliphatic rings. The van der Waals surface area contributed by atoms with Crippen molar-refractivity contribution in [3.05, 3.63) is 23.1 Å². The molecule has 0 bridgehead atoms. The Kier molecular flexibility index (Phi) is 2.87. The van der Waals surface area contributed by atoms with Crippen LogP contribution in [0.2, 0.25) is 0 Å². The van der Waals surface area contributed by atoms with Crippen molar-refractivity contribution in [2.75, 3.05) is 5.75 Å². The van der Waals surface area contributed by atoms with Gasteiger partial charge in [0.1, 0.15) is 10.4 Å². The molecule has 0 aromatic heterocycles. The number of aliphatic imine (C=N–C) groups is 2. The summed E-state index contributed by atoms with van der Waals surface area (Å²) in [4.78, 5) is 31.5. The van der Waals surface area contributed by atoms with E-state index in [-0.39, 0.29) is 11.2 Å². The molecule has 3 rings (SSSR count). The molecule has 0 saturated carbocycles. The van der Waals surface area contributed by atoms with E-state index in [1.165, 1.54) is 29.6 Å². The average molecular weight is 280 g/mol. The summed E-state index contributed by atoms with van der Waals surface area (Å²) in [6.07, 6.45) is 4.73. The van der Waals surface area contributed by atoms with Gasteiger partial charge in [0.2, 0.25) is 0 Å². The molecule has 0 aromatic carbocycles. The lowest BCUT2D eigenvalue weighted by atomic mass is 10.1. The number of ketones is 1. The van der Waals surface area contributed by atoms with E-state index >= 15 is 0 Å².